The number of carbonyl (C=O) groups is 1. The van der Waals surface area contributed by atoms with E-state index in [-0.39, 0.29) is 5.91 Å². The molecule has 0 saturated carbocycles. The molecule has 0 bridgehead atoms. The van der Waals surface area contributed by atoms with Gasteiger partial charge in [-0.15, -0.1) is 0 Å². The van der Waals surface area contributed by atoms with E-state index in [2.05, 4.69) is 41.1 Å². The lowest BCUT2D eigenvalue weighted by Gasteiger charge is -2.48. The number of piperidine rings is 2. The quantitative estimate of drug-likeness (QED) is 0.925. The van der Waals surface area contributed by atoms with E-state index < -0.39 is 0 Å². The Morgan fingerprint density at radius 3 is 2.04 bits per heavy atom. The molecule has 0 aromatic heterocycles. The molecule has 1 amide bonds. The smallest absolute Gasteiger partial charge is 0.251 e. The Morgan fingerprint density at radius 2 is 1.54 bits per heavy atom. The minimum Gasteiger partial charge on any atom is -0.371 e. The highest BCUT2D eigenvalue weighted by molar-refractivity contribution is 5.94. The van der Waals surface area contributed by atoms with Gasteiger partial charge in [-0.05, 0) is 82.3 Å². The average molecular weight is 329 g/mol. The van der Waals surface area contributed by atoms with Crippen molar-refractivity contribution < 1.29 is 4.79 Å². The molecule has 2 aliphatic rings. The molecule has 1 spiro atoms. The molecule has 0 atom stereocenters. The van der Waals surface area contributed by atoms with E-state index in [1.807, 2.05) is 12.1 Å². The van der Waals surface area contributed by atoms with Crippen LogP contribution >= 0.6 is 0 Å². The predicted octanol–water partition coefficient (Wildman–Crippen LogP) is 3.14. The van der Waals surface area contributed by atoms with Crippen molar-refractivity contribution in [3.8, 4) is 0 Å². The van der Waals surface area contributed by atoms with Crippen LogP contribution in [0.4, 0.5) is 5.69 Å². The maximum Gasteiger partial charge on any atom is 0.251 e. The summed E-state index contributed by atoms with van der Waals surface area (Å²) in [4.78, 5) is 16.7. The van der Waals surface area contributed by atoms with Gasteiger partial charge in [0.1, 0.15) is 0 Å². The summed E-state index contributed by atoms with van der Waals surface area (Å²) in [5, 5.41) is 2.67. The standard InChI is InChI=1S/C20H31N3O/c1-16(2)22-12-8-20(9-13-22)10-14-23(15-11-20)18-6-4-17(5-7-18)19(24)21-3/h4-7,16H,8-15H2,1-3H3,(H,21,24). The lowest BCUT2D eigenvalue weighted by Crippen LogP contribution is -2.48. The van der Waals surface area contributed by atoms with Gasteiger partial charge in [0.25, 0.3) is 5.91 Å². The van der Waals surface area contributed by atoms with Gasteiger partial charge < -0.3 is 15.1 Å². The zero-order chi connectivity index (χ0) is 17.2. The van der Waals surface area contributed by atoms with Crippen LogP contribution in [0, 0.1) is 5.41 Å². The van der Waals surface area contributed by atoms with E-state index >= 15 is 0 Å². The summed E-state index contributed by atoms with van der Waals surface area (Å²) in [7, 11) is 1.67. The second-order valence-electron chi connectivity index (χ2n) is 7.74. The van der Waals surface area contributed by atoms with Gasteiger partial charge in [0.2, 0.25) is 0 Å². The molecule has 24 heavy (non-hydrogen) atoms. The van der Waals surface area contributed by atoms with E-state index in [0.717, 1.165) is 18.7 Å². The van der Waals surface area contributed by atoms with E-state index in [1.165, 1.54) is 44.5 Å². The van der Waals surface area contributed by atoms with Crippen molar-refractivity contribution in [1.82, 2.24) is 10.2 Å². The van der Waals surface area contributed by atoms with Gasteiger partial charge in [0.15, 0.2) is 0 Å². The lowest BCUT2D eigenvalue weighted by atomic mass is 9.71. The number of benzene rings is 1. The molecule has 2 heterocycles. The first kappa shape index (κ1) is 17.3. The fourth-order valence-corrected chi connectivity index (χ4v) is 4.22. The third-order valence-electron chi connectivity index (χ3n) is 6.13. The Labute approximate surface area is 146 Å². The van der Waals surface area contributed by atoms with Crippen LogP contribution < -0.4 is 10.2 Å². The Bertz CT molecular complexity index is 549. The molecule has 1 aromatic carbocycles. The van der Waals surface area contributed by atoms with Crippen LogP contribution in [0.1, 0.15) is 49.9 Å². The predicted molar refractivity (Wildman–Crippen MR) is 99.7 cm³/mol. The number of hydrogen-bond acceptors (Lipinski definition) is 3. The zero-order valence-electron chi connectivity index (χ0n) is 15.3. The normalized spacial score (nSPS) is 21.2. The van der Waals surface area contributed by atoms with Crippen molar-refractivity contribution in [2.24, 2.45) is 5.41 Å². The molecule has 1 N–H and O–H groups in total. The van der Waals surface area contributed by atoms with Crippen LogP contribution in [0.5, 0.6) is 0 Å². The molecule has 1 aromatic rings. The highest BCUT2D eigenvalue weighted by Gasteiger charge is 2.37. The molecule has 2 aliphatic heterocycles. The number of anilines is 1. The molecule has 4 heteroatoms. The molecular formula is C20H31N3O. The van der Waals surface area contributed by atoms with Crippen molar-refractivity contribution in [2.45, 2.75) is 45.6 Å². The number of carbonyl (C=O) groups excluding carboxylic acids is 1. The molecule has 132 valence electrons. The van der Waals surface area contributed by atoms with E-state index in [0.29, 0.717) is 11.5 Å². The van der Waals surface area contributed by atoms with Gasteiger partial charge in [-0.3, -0.25) is 4.79 Å². The lowest BCUT2D eigenvalue weighted by molar-refractivity contribution is 0.0632. The van der Waals surface area contributed by atoms with Gasteiger partial charge >= 0.3 is 0 Å². The van der Waals surface area contributed by atoms with Crippen molar-refractivity contribution >= 4 is 11.6 Å². The fourth-order valence-electron chi connectivity index (χ4n) is 4.22. The largest absolute Gasteiger partial charge is 0.371 e. The maximum absolute atomic E-state index is 11.6. The minimum absolute atomic E-state index is 0.0175. The average Bonchev–Trinajstić information content (AvgIpc) is 2.62. The van der Waals surface area contributed by atoms with E-state index in [4.69, 9.17) is 0 Å². The van der Waals surface area contributed by atoms with E-state index in [1.54, 1.807) is 7.05 Å². The summed E-state index contributed by atoms with van der Waals surface area (Å²) < 4.78 is 0. The summed E-state index contributed by atoms with van der Waals surface area (Å²) in [6.45, 7) is 9.42. The maximum atomic E-state index is 11.6. The van der Waals surface area contributed by atoms with Crippen molar-refractivity contribution in [3.63, 3.8) is 0 Å². The van der Waals surface area contributed by atoms with Crippen LogP contribution in [0.2, 0.25) is 0 Å². The Kier molecular flexibility index (Phi) is 5.14. The van der Waals surface area contributed by atoms with Crippen LogP contribution in [0.25, 0.3) is 0 Å². The van der Waals surface area contributed by atoms with Crippen molar-refractivity contribution in [3.05, 3.63) is 29.8 Å². The van der Waals surface area contributed by atoms with Crippen LogP contribution in [-0.2, 0) is 0 Å². The van der Waals surface area contributed by atoms with Crippen molar-refractivity contribution in [2.75, 3.05) is 38.1 Å². The first-order valence-electron chi connectivity index (χ1n) is 9.34. The summed E-state index contributed by atoms with van der Waals surface area (Å²) >= 11 is 0. The van der Waals surface area contributed by atoms with Crippen molar-refractivity contribution in [1.29, 1.82) is 0 Å². The summed E-state index contributed by atoms with van der Waals surface area (Å²) in [6.07, 6.45) is 5.32. The van der Waals surface area contributed by atoms with Gasteiger partial charge in [-0.25, -0.2) is 0 Å². The molecule has 4 nitrogen and oxygen atoms in total. The highest BCUT2D eigenvalue weighted by Crippen LogP contribution is 2.42. The van der Waals surface area contributed by atoms with Gasteiger partial charge in [-0.1, -0.05) is 0 Å². The molecular weight excluding hydrogens is 298 g/mol. The topological polar surface area (TPSA) is 35.6 Å². The van der Waals surface area contributed by atoms with Crippen LogP contribution in [0.15, 0.2) is 24.3 Å². The molecule has 0 radical (unpaired) electrons. The SMILES string of the molecule is CNC(=O)c1ccc(N2CCC3(CC2)CCN(C(C)C)CC3)cc1. The molecule has 0 unspecified atom stereocenters. The second-order valence-corrected chi connectivity index (χ2v) is 7.74. The summed E-state index contributed by atoms with van der Waals surface area (Å²) in [6, 6.07) is 8.72. The number of nitrogens with zero attached hydrogens (tertiary/aromatic N) is 2. The Morgan fingerprint density at radius 1 is 1.00 bits per heavy atom. The molecule has 0 aliphatic carbocycles. The molecule has 2 saturated heterocycles. The number of amides is 1. The number of rotatable bonds is 3. The second kappa shape index (κ2) is 7.14. The number of nitrogens with one attached hydrogen (secondary N) is 1. The third kappa shape index (κ3) is 3.59. The summed E-state index contributed by atoms with van der Waals surface area (Å²) in [5.41, 5.74) is 2.55. The number of likely N-dealkylation sites (tertiary alicyclic amines) is 1. The Balaban J connectivity index is 1.56. The minimum atomic E-state index is -0.0175. The fraction of sp³-hybridized carbons (Fsp3) is 0.650. The molecule has 3 rings (SSSR count). The van der Waals surface area contributed by atoms with Crippen LogP contribution in [0.3, 0.4) is 0 Å². The van der Waals surface area contributed by atoms with E-state index in [9.17, 15) is 4.79 Å². The number of hydrogen-bond donors (Lipinski definition) is 1. The van der Waals surface area contributed by atoms with Gasteiger partial charge in [0, 0.05) is 37.4 Å². The summed E-state index contributed by atoms with van der Waals surface area (Å²) in [5.74, 6) is -0.0175. The first-order chi connectivity index (χ1) is 11.5. The third-order valence-corrected chi connectivity index (χ3v) is 6.13. The molecule has 2 fully saturated rings. The van der Waals surface area contributed by atoms with Crippen LogP contribution in [-0.4, -0.2) is 50.1 Å². The van der Waals surface area contributed by atoms with Gasteiger partial charge in [-0.2, -0.15) is 0 Å². The van der Waals surface area contributed by atoms with Gasteiger partial charge in [0.05, 0.1) is 0 Å². The Hall–Kier alpha value is -1.55. The zero-order valence-corrected chi connectivity index (χ0v) is 15.3. The highest BCUT2D eigenvalue weighted by atomic mass is 16.1. The monoisotopic (exact) mass is 329 g/mol. The first-order valence-corrected chi connectivity index (χ1v) is 9.34.